The molecular formula is C19H24N2O7S. The lowest BCUT2D eigenvalue weighted by molar-refractivity contribution is -0.140. The van der Waals surface area contributed by atoms with Crippen LogP contribution in [-0.4, -0.2) is 63.7 Å². The van der Waals surface area contributed by atoms with Crippen molar-refractivity contribution in [1.82, 2.24) is 5.32 Å². The Morgan fingerprint density at radius 1 is 1.34 bits per heavy atom. The van der Waals surface area contributed by atoms with Gasteiger partial charge in [-0.2, -0.15) is 0 Å². The van der Waals surface area contributed by atoms with Crippen LogP contribution in [0.5, 0.6) is 5.75 Å². The standard InChI is InChI=1S/C19H24N2O7S/c1-9-5-11(3-4-15(9)29-2)28-14-7-10(6-13(22)17(14)25)19(27)21-12(18(20)26)8-16(23)24/h3-5,7,12-14,17,22,25H,6,8H2,1-2H3,(H2,20,26)(H,21,27)(H,23,24)/t12-,13-,14+,17-/m1/s1. The molecule has 0 unspecified atom stereocenters. The van der Waals surface area contributed by atoms with Crippen molar-refractivity contribution in [1.29, 1.82) is 0 Å². The molecule has 29 heavy (non-hydrogen) atoms. The summed E-state index contributed by atoms with van der Waals surface area (Å²) < 4.78 is 5.75. The average molecular weight is 424 g/mol. The number of ether oxygens (including phenoxy) is 1. The summed E-state index contributed by atoms with van der Waals surface area (Å²) in [4.78, 5) is 35.7. The fourth-order valence-corrected chi connectivity index (χ4v) is 3.52. The van der Waals surface area contributed by atoms with Crippen LogP contribution in [0.25, 0.3) is 0 Å². The largest absolute Gasteiger partial charge is 0.484 e. The molecule has 0 bridgehead atoms. The summed E-state index contributed by atoms with van der Waals surface area (Å²) in [5, 5.41) is 31.5. The molecule has 4 atom stereocenters. The Kier molecular flexibility index (Phi) is 7.66. The molecule has 10 heteroatoms. The van der Waals surface area contributed by atoms with E-state index in [0.717, 1.165) is 10.5 Å². The first kappa shape index (κ1) is 22.7. The first-order valence-corrected chi connectivity index (χ1v) is 10.0. The van der Waals surface area contributed by atoms with Gasteiger partial charge in [-0.1, -0.05) is 0 Å². The number of primary amides is 1. The number of carbonyl (C=O) groups excluding carboxylic acids is 2. The van der Waals surface area contributed by atoms with Gasteiger partial charge in [0.2, 0.25) is 11.8 Å². The minimum absolute atomic E-state index is 0.0573. The number of aliphatic carboxylic acids is 1. The Balaban J connectivity index is 2.19. The Morgan fingerprint density at radius 2 is 2.03 bits per heavy atom. The number of carboxylic acid groups (broad SMARTS) is 1. The second kappa shape index (κ2) is 9.77. The maximum Gasteiger partial charge on any atom is 0.305 e. The molecule has 2 rings (SSSR count). The first-order chi connectivity index (χ1) is 13.6. The van der Waals surface area contributed by atoms with Crippen LogP contribution >= 0.6 is 11.8 Å². The van der Waals surface area contributed by atoms with Crippen molar-refractivity contribution in [3.63, 3.8) is 0 Å². The molecule has 1 aromatic carbocycles. The summed E-state index contributed by atoms with van der Waals surface area (Å²) in [6, 6.07) is 3.96. The van der Waals surface area contributed by atoms with Crippen molar-refractivity contribution < 1.29 is 34.4 Å². The number of hydrogen-bond donors (Lipinski definition) is 5. The molecule has 9 nitrogen and oxygen atoms in total. The van der Waals surface area contributed by atoms with Gasteiger partial charge in [0.1, 0.15) is 24.0 Å². The lowest BCUT2D eigenvalue weighted by Gasteiger charge is -2.31. The minimum atomic E-state index is -1.40. The zero-order valence-electron chi connectivity index (χ0n) is 16.0. The van der Waals surface area contributed by atoms with E-state index in [0.29, 0.717) is 5.75 Å². The highest BCUT2D eigenvalue weighted by molar-refractivity contribution is 7.98. The van der Waals surface area contributed by atoms with Gasteiger partial charge in [-0.25, -0.2) is 0 Å². The van der Waals surface area contributed by atoms with Crippen molar-refractivity contribution in [3.05, 3.63) is 35.4 Å². The molecule has 1 aromatic rings. The zero-order valence-corrected chi connectivity index (χ0v) is 16.8. The van der Waals surface area contributed by atoms with Gasteiger partial charge in [0.25, 0.3) is 0 Å². The summed E-state index contributed by atoms with van der Waals surface area (Å²) >= 11 is 1.58. The van der Waals surface area contributed by atoms with Crippen molar-refractivity contribution >= 4 is 29.5 Å². The number of benzene rings is 1. The topological polar surface area (TPSA) is 159 Å². The highest BCUT2D eigenvalue weighted by Crippen LogP contribution is 2.28. The Bertz CT molecular complexity index is 827. The van der Waals surface area contributed by atoms with E-state index in [1.165, 1.54) is 6.08 Å². The number of nitrogens with one attached hydrogen (secondary N) is 1. The number of carboxylic acids is 1. The van der Waals surface area contributed by atoms with Crippen LogP contribution in [0.3, 0.4) is 0 Å². The number of aryl methyl sites for hydroxylation is 1. The molecule has 0 heterocycles. The van der Waals surface area contributed by atoms with Crippen molar-refractivity contribution in [2.45, 2.75) is 49.0 Å². The average Bonchev–Trinajstić information content (AvgIpc) is 2.64. The lowest BCUT2D eigenvalue weighted by Crippen LogP contribution is -2.49. The number of hydrogen-bond acceptors (Lipinski definition) is 7. The van der Waals surface area contributed by atoms with E-state index in [2.05, 4.69) is 5.32 Å². The Morgan fingerprint density at radius 3 is 2.59 bits per heavy atom. The summed E-state index contributed by atoms with van der Waals surface area (Å²) in [7, 11) is 0. The summed E-state index contributed by atoms with van der Waals surface area (Å²) in [6.45, 7) is 1.91. The molecule has 158 valence electrons. The first-order valence-electron chi connectivity index (χ1n) is 8.82. The van der Waals surface area contributed by atoms with Crippen LogP contribution in [0.1, 0.15) is 18.4 Å². The highest BCUT2D eigenvalue weighted by atomic mass is 32.2. The second-order valence-electron chi connectivity index (χ2n) is 6.69. The van der Waals surface area contributed by atoms with E-state index in [4.69, 9.17) is 15.6 Å². The lowest BCUT2D eigenvalue weighted by atomic mass is 9.91. The molecule has 1 aliphatic rings. The van der Waals surface area contributed by atoms with Crippen LogP contribution in [0.15, 0.2) is 34.7 Å². The smallest absolute Gasteiger partial charge is 0.305 e. The number of aliphatic hydroxyl groups is 2. The van der Waals surface area contributed by atoms with Gasteiger partial charge in [0.15, 0.2) is 0 Å². The summed E-state index contributed by atoms with van der Waals surface area (Å²) in [5.41, 5.74) is 6.16. The quantitative estimate of drug-likeness (QED) is 0.364. The number of rotatable bonds is 8. The zero-order chi connectivity index (χ0) is 21.7. The number of nitrogens with two attached hydrogens (primary N) is 1. The summed E-state index contributed by atoms with van der Waals surface area (Å²) in [6.07, 6.45) is -1.10. The van der Waals surface area contributed by atoms with E-state index in [-0.39, 0.29) is 12.0 Å². The van der Waals surface area contributed by atoms with Gasteiger partial charge >= 0.3 is 5.97 Å². The van der Waals surface area contributed by atoms with Crippen molar-refractivity contribution in [3.8, 4) is 5.75 Å². The van der Waals surface area contributed by atoms with Crippen LogP contribution < -0.4 is 15.8 Å². The predicted molar refractivity (Wildman–Crippen MR) is 105 cm³/mol. The monoisotopic (exact) mass is 424 g/mol. The normalized spacial score (nSPS) is 22.3. The second-order valence-corrected chi connectivity index (χ2v) is 7.54. The molecule has 2 amide bonds. The minimum Gasteiger partial charge on any atom is -0.484 e. The van der Waals surface area contributed by atoms with Crippen molar-refractivity contribution in [2.24, 2.45) is 5.73 Å². The van der Waals surface area contributed by atoms with Gasteiger partial charge in [0, 0.05) is 16.9 Å². The van der Waals surface area contributed by atoms with Crippen molar-refractivity contribution in [2.75, 3.05) is 6.26 Å². The molecule has 1 aliphatic carbocycles. The maximum absolute atomic E-state index is 12.5. The van der Waals surface area contributed by atoms with E-state index in [1.54, 1.807) is 23.9 Å². The molecule has 0 radical (unpaired) electrons. The number of thioether (sulfide) groups is 1. The van der Waals surface area contributed by atoms with Crippen LogP contribution in [-0.2, 0) is 14.4 Å². The SMILES string of the molecule is CSc1ccc(O[C@H]2C=C(C(=O)N[C@H](CC(=O)O)C(N)=O)C[C@@H](O)[C@H]2O)cc1C. The predicted octanol–water partition coefficient (Wildman–Crippen LogP) is -0.0390. The fourth-order valence-electron chi connectivity index (χ4n) is 2.93. The highest BCUT2D eigenvalue weighted by Gasteiger charge is 2.35. The van der Waals surface area contributed by atoms with Gasteiger partial charge in [-0.05, 0) is 43.0 Å². The van der Waals surface area contributed by atoms with Gasteiger partial charge in [-0.15, -0.1) is 11.8 Å². The Hall–Kier alpha value is -2.56. The van der Waals surface area contributed by atoms with Crippen LogP contribution in [0.4, 0.5) is 0 Å². The Labute approximate surface area is 171 Å². The number of aliphatic hydroxyl groups excluding tert-OH is 2. The molecule has 6 N–H and O–H groups in total. The third-order valence-electron chi connectivity index (χ3n) is 4.48. The van der Waals surface area contributed by atoms with Crippen LogP contribution in [0, 0.1) is 6.92 Å². The van der Waals surface area contributed by atoms with Gasteiger partial charge in [0.05, 0.1) is 12.5 Å². The number of amides is 2. The van der Waals surface area contributed by atoms with E-state index in [1.807, 2.05) is 19.2 Å². The summed E-state index contributed by atoms with van der Waals surface area (Å²) in [5.74, 6) is -2.60. The van der Waals surface area contributed by atoms with Gasteiger partial charge in [-0.3, -0.25) is 14.4 Å². The van der Waals surface area contributed by atoms with E-state index < -0.39 is 48.6 Å². The number of carbonyl (C=O) groups is 3. The molecule has 0 saturated heterocycles. The molecule has 0 spiro atoms. The van der Waals surface area contributed by atoms with Crippen LogP contribution in [0.2, 0.25) is 0 Å². The molecule has 0 fully saturated rings. The third kappa shape index (κ3) is 5.96. The molecule has 0 saturated carbocycles. The van der Waals surface area contributed by atoms with Gasteiger partial charge < -0.3 is 31.1 Å². The molecule has 0 aromatic heterocycles. The van der Waals surface area contributed by atoms with E-state index >= 15 is 0 Å². The molecule has 0 aliphatic heterocycles. The molecular weight excluding hydrogens is 400 g/mol. The third-order valence-corrected chi connectivity index (χ3v) is 5.38. The fraction of sp³-hybridized carbons (Fsp3) is 0.421. The van der Waals surface area contributed by atoms with E-state index in [9.17, 15) is 24.6 Å². The maximum atomic E-state index is 12.5.